The van der Waals surface area contributed by atoms with Gasteiger partial charge in [0.05, 0.1) is 11.6 Å². The van der Waals surface area contributed by atoms with Crippen LogP contribution in [0, 0.1) is 0 Å². The number of nitrogens with zero attached hydrogens (tertiary/aromatic N) is 2. The number of fused-ring (bicyclic) bond motifs is 1. The summed E-state index contributed by atoms with van der Waals surface area (Å²) in [5, 5.41) is 10.0. The van der Waals surface area contributed by atoms with E-state index in [1.54, 1.807) is 12.1 Å². The average molecular weight is 321 g/mol. The van der Waals surface area contributed by atoms with Gasteiger partial charge < -0.3 is 15.0 Å². The van der Waals surface area contributed by atoms with Gasteiger partial charge in [-0.25, -0.2) is 4.98 Å². The summed E-state index contributed by atoms with van der Waals surface area (Å²) in [5.41, 5.74) is 2.50. The first-order valence-electron chi connectivity index (χ1n) is 8.13. The fourth-order valence-corrected chi connectivity index (χ4v) is 3.64. The van der Waals surface area contributed by atoms with E-state index in [0.29, 0.717) is 11.9 Å². The van der Waals surface area contributed by atoms with E-state index < -0.39 is 0 Å². The summed E-state index contributed by atoms with van der Waals surface area (Å²) in [6.45, 7) is 0. The zero-order valence-corrected chi connectivity index (χ0v) is 13.4. The number of nitrogens with one attached hydrogen (secondary N) is 1. The third-order valence-electron chi connectivity index (χ3n) is 4.86. The van der Waals surface area contributed by atoms with Crippen LogP contribution in [0.4, 0.5) is 0 Å². The molecule has 1 amide bonds. The normalized spacial score (nSPS) is 21.4. The van der Waals surface area contributed by atoms with Crippen molar-refractivity contribution < 1.29 is 9.90 Å². The molecule has 2 heterocycles. The molecule has 0 saturated carbocycles. The lowest BCUT2D eigenvalue weighted by atomic mass is 9.84. The largest absolute Gasteiger partial charge is 0.506 e. The summed E-state index contributed by atoms with van der Waals surface area (Å²) in [7, 11) is 1.85. The Morgan fingerprint density at radius 1 is 1.17 bits per heavy atom. The smallest absolute Gasteiger partial charge is 0.222 e. The van der Waals surface area contributed by atoms with Crippen LogP contribution in [-0.4, -0.2) is 32.9 Å². The number of imidazole rings is 1. The van der Waals surface area contributed by atoms with Crippen molar-refractivity contribution in [1.29, 1.82) is 0 Å². The first-order chi connectivity index (χ1) is 11.6. The Bertz CT molecular complexity index is 888. The second kappa shape index (κ2) is 5.67. The Labute approximate surface area is 139 Å². The van der Waals surface area contributed by atoms with E-state index >= 15 is 0 Å². The van der Waals surface area contributed by atoms with Gasteiger partial charge in [-0.1, -0.05) is 36.4 Å². The number of carbonyl (C=O) groups excluding carboxylic acids is 1. The molecule has 2 N–H and O–H groups in total. The molecule has 0 bridgehead atoms. The van der Waals surface area contributed by atoms with Gasteiger partial charge in [-0.15, -0.1) is 0 Å². The lowest BCUT2D eigenvalue weighted by Gasteiger charge is -2.38. The predicted molar refractivity (Wildman–Crippen MR) is 91.7 cm³/mol. The van der Waals surface area contributed by atoms with Crippen LogP contribution in [0.1, 0.15) is 36.2 Å². The molecule has 5 heteroatoms. The summed E-state index contributed by atoms with van der Waals surface area (Å²) in [6, 6.07) is 15.3. The van der Waals surface area contributed by atoms with Crippen molar-refractivity contribution >= 4 is 16.9 Å². The number of aromatic hydroxyl groups is 1. The minimum Gasteiger partial charge on any atom is -0.506 e. The van der Waals surface area contributed by atoms with Crippen molar-refractivity contribution in [3.8, 4) is 5.75 Å². The first kappa shape index (κ1) is 14.8. The number of aromatic nitrogens is 2. The number of benzene rings is 2. The standard InChI is InChI=1S/C19H19N3O2/c1-22-16(24)11-10-13(18(22)12-6-3-2-4-7-12)19-20-14-8-5-9-15(23)17(14)21-19/h2-9,13,18,23H,10-11H2,1H3,(H,20,21). The van der Waals surface area contributed by atoms with Gasteiger partial charge in [-0.3, -0.25) is 4.79 Å². The van der Waals surface area contributed by atoms with Crippen molar-refractivity contribution in [2.24, 2.45) is 0 Å². The number of aromatic amines is 1. The van der Waals surface area contributed by atoms with E-state index in [2.05, 4.69) is 9.97 Å². The SMILES string of the molecule is CN1C(=O)CCC(c2nc3c(O)cccc3[nH]2)C1c1ccccc1. The Morgan fingerprint density at radius 2 is 1.96 bits per heavy atom. The number of likely N-dealkylation sites (N-methyl/N-ethyl adjacent to an activating group) is 1. The van der Waals surface area contributed by atoms with Crippen molar-refractivity contribution in [1.82, 2.24) is 14.9 Å². The van der Waals surface area contributed by atoms with Crippen molar-refractivity contribution in [3.63, 3.8) is 0 Å². The minimum atomic E-state index is -0.0600. The van der Waals surface area contributed by atoms with Gasteiger partial charge in [0.25, 0.3) is 0 Å². The zero-order valence-electron chi connectivity index (χ0n) is 13.4. The number of para-hydroxylation sites is 1. The summed E-state index contributed by atoms with van der Waals surface area (Å²) in [4.78, 5) is 22.0. The maximum absolute atomic E-state index is 12.2. The van der Waals surface area contributed by atoms with Crippen molar-refractivity contribution in [2.75, 3.05) is 7.05 Å². The van der Waals surface area contributed by atoms with Crippen LogP contribution in [0.3, 0.4) is 0 Å². The minimum absolute atomic E-state index is 0.0600. The molecule has 2 aromatic carbocycles. The molecule has 1 aliphatic heterocycles. The summed E-state index contributed by atoms with van der Waals surface area (Å²) >= 11 is 0. The molecule has 0 aliphatic carbocycles. The van der Waals surface area contributed by atoms with Crippen LogP contribution in [-0.2, 0) is 4.79 Å². The van der Waals surface area contributed by atoms with E-state index in [1.165, 1.54) is 0 Å². The lowest BCUT2D eigenvalue weighted by molar-refractivity contribution is -0.135. The molecular formula is C19H19N3O2. The predicted octanol–water partition coefficient (Wildman–Crippen LogP) is 3.35. The fraction of sp³-hybridized carbons (Fsp3) is 0.263. The van der Waals surface area contributed by atoms with Crippen LogP contribution in [0.15, 0.2) is 48.5 Å². The molecule has 24 heavy (non-hydrogen) atoms. The number of H-pyrrole nitrogens is 1. The summed E-state index contributed by atoms with van der Waals surface area (Å²) in [6.07, 6.45) is 1.25. The van der Waals surface area contributed by atoms with E-state index in [1.807, 2.05) is 48.3 Å². The third kappa shape index (κ3) is 2.33. The molecule has 0 radical (unpaired) electrons. The highest BCUT2D eigenvalue weighted by Gasteiger charge is 2.37. The van der Waals surface area contributed by atoms with Gasteiger partial charge in [0.1, 0.15) is 17.1 Å². The zero-order chi connectivity index (χ0) is 16.7. The van der Waals surface area contributed by atoms with Gasteiger partial charge in [0, 0.05) is 19.4 Å². The van der Waals surface area contributed by atoms with E-state index in [4.69, 9.17) is 0 Å². The number of hydrogen-bond donors (Lipinski definition) is 2. The van der Waals surface area contributed by atoms with Gasteiger partial charge in [-0.05, 0) is 24.1 Å². The molecule has 5 nitrogen and oxygen atoms in total. The van der Waals surface area contributed by atoms with E-state index in [-0.39, 0.29) is 23.6 Å². The maximum Gasteiger partial charge on any atom is 0.222 e. The molecule has 122 valence electrons. The van der Waals surface area contributed by atoms with Gasteiger partial charge in [0.2, 0.25) is 5.91 Å². The molecular weight excluding hydrogens is 302 g/mol. The highest BCUT2D eigenvalue weighted by atomic mass is 16.3. The molecule has 0 spiro atoms. The number of carbonyl (C=O) groups is 1. The molecule has 1 fully saturated rings. The Kier molecular flexibility index (Phi) is 3.49. The Balaban J connectivity index is 1.81. The highest BCUT2D eigenvalue weighted by molar-refractivity contribution is 5.82. The first-order valence-corrected chi connectivity index (χ1v) is 8.13. The van der Waals surface area contributed by atoms with E-state index in [9.17, 15) is 9.90 Å². The molecule has 2 unspecified atom stereocenters. The van der Waals surface area contributed by atoms with E-state index in [0.717, 1.165) is 23.3 Å². The van der Waals surface area contributed by atoms with Crippen LogP contribution >= 0.6 is 0 Å². The number of phenolic OH excluding ortho intramolecular Hbond substituents is 1. The fourth-order valence-electron chi connectivity index (χ4n) is 3.64. The maximum atomic E-state index is 12.2. The van der Waals surface area contributed by atoms with Gasteiger partial charge in [0.15, 0.2) is 0 Å². The topological polar surface area (TPSA) is 69.2 Å². The number of phenols is 1. The van der Waals surface area contributed by atoms with Crippen LogP contribution in [0.25, 0.3) is 11.0 Å². The average Bonchev–Trinajstić information content (AvgIpc) is 3.03. The molecule has 1 aromatic heterocycles. The molecule has 1 saturated heterocycles. The van der Waals surface area contributed by atoms with Crippen LogP contribution in [0.2, 0.25) is 0 Å². The Hall–Kier alpha value is -2.82. The van der Waals surface area contributed by atoms with Gasteiger partial charge in [-0.2, -0.15) is 0 Å². The third-order valence-corrected chi connectivity index (χ3v) is 4.86. The number of hydrogen-bond acceptors (Lipinski definition) is 3. The Morgan fingerprint density at radius 3 is 2.71 bits per heavy atom. The van der Waals surface area contributed by atoms with Crippen molar-refractivity contribution in [2.45, 2.75) is 24.8 Å². The second-order valence-corrected chi connectivity index (χ2v) is 6.30. The summed E-state index contributed by atoms with van der Waals surface area (Å²) in [5.74, 6) is 1.21. The van der Waals surface area contributed by atoms with Crippen LogP contribution in [0.5, 0.6) is 5.75 Å². The second-order valence-electron chi connectivity index (χ2n) is 6.30. The number of amides is 1. The number of rotatable bonds is 2. The summed E-state index contributed by atoms with van der Waals surface area (Å²) < 4.78 is 0. The lowest BCUT2D eigenvalue weighted by Crippen LogP contribution is -2.39. The van der Waals surface area contributed by atoms with Gasteiger partial charge >= 0.3 is 0 Å². The molecule has 4 rings (SSSR count). The number of likely N-dealkylation sites (tertiary alicyclic amines) is 1. The quantitative estimate of drug-likeness (QED) is 0.760. The molecule has 1 aliphatic rings. The number of piperidine rings is 1. The highest BCUT2D eigenvalue weighted by Crippen LogP contribution is 2.42. The molecule has 2 atom stereocenters. The monoisotopic (exact) mass is 321 g/mol. The molecule has 3 aromatic rings. The van der Waals surface area contributed by atoms with Crippen LogP contribution < -0.4 is 0 Å². The van der Waals surface area contributed by atoms with Crippen molar-refractivity contribution in [3.05, 3.63) is 59.9 Å².